The second-order valence-corrected chi connectivity index (χ2v) is 8.35. The normalized spacial score (nSPS) is 26.1. The lowest BCUT2D eigenvalue weighted by molar-refractivity contribution is -0.129. The first kappa shape index (κ1) is 18.8. The fourth-order valence-electron chi connectivity index (χ4n) is 3.91. The van der Waals surface area contributed by atoms with Crippen LogP contribution in [0.1, 0.15) is 24.1 Å². The van der Waals surface area contributed by atoms with Gasteiger partial charge in [0.2, 0.25) is 5.91 Å². The Kier molecular flexibility index (Phi) is 6.44. The average Bonchev–Trinajstić information content (AvgIpc) is 3.25. The van der Waals surface area contributed by atoms with Crippen molar-refractivity contribution < 1.29 is 14.3 Å². The topological polar surface area (TPSA) is 47.0 Å². The van der Waals surface area contributed by atoms with Gasteiger partial charge in [0, 0.05) is 56.6 Å². The van der Waals surface area contributed by atoms with Crippen molar-refractivity contribution in [3.05, 3.63) is 22.4 Å². The summed E-state index contributed by atoms with van der Waals surface area (Å²) in [5.41, 5.74) is 0. The smallest absolute Gasteiger partial charge is 0.222 e. The number of rotatable bonds is 8. The van der Waals surface area contributed by atoms with Crippen LogP contribution in [-0.2, 0) is 11.3 Å². The fourth-order valence-corrected chi connectivity index (χ4v) is 4.64. The van der Waals surface area contributed by atoms with Crippen LogP contribution < -0.4 is 0 Å². The maximum Gasteiger partial charge on any atom is 0.222 e. The maximum absolute atomic E-state index is 13.9. The SMILES string of the molecule is CN(CC(O)CN1CCCC1=O)C[C@@H]1C[C@H](F)CN1Cc1cccs1. The number of thiophene rings is 1. The number of likely N-dealkylation sites (tertiary alicyclic amines) is 2. The molecule has 2 aliphatic heterocycles. The third-order valence-corrected chi connectivity index (χ3v) is 5.92. The number of hydrogen-bond donors (Lipinski definition) is 1. The quantitative estimate of drug-likeness (QED) is 0.756. The summed E-state index contributed by atoms with van der Waals surface area (Å²) >= 11 is 1.71. The Morgan fingerprint density at radius 3 is 3.04 bits per heavy atom. The van der Waals surface area contributed by atoms with E-state index >= 15 is 0 Å². The maximum atomic E-state index is 13.9. The van der Waals surface area contributed by atoms with Crippen molar-refractivity contribution in [2.45, 2.75) is 44.1 Å². The Morgan fingerprint density at radius 2 is 2.36 bits per heavy atom. The number of halogens is 1. The van der Waals surface area contributed by atoms with Crippen LogP contribution in [0.5, 0.6) is 0 Å². The van der Waals surface area contributed by atoms with E-state index in [0.717, 1.165) is 26.1 Å². The molecular formula is C18H28FN3O2S. The van der Waals surface area contributed by atoms with Crippen LogP contribution in [0, 0.1) is 0 Å². The molecule has 0 spiro atoms. The van der Waals surface area contributed by atoms with E-state index in [2.05, 4.69) is 21.2 Å². The molecule has 0 saturated carbocycles. The number of carbonyl (C=O) groups is 1. The van der Waals surface area contributed by atoms with Crippen molar-refractivity contribution in [1.29, 1.82) is 0 Å². The van der Waals surface area contributed by atoms with Crippen molar-refractivity contribution >= 4 is 17.2 Å². The molecule has 1 unspecified atom stereocenters. The van der Waals surface area contributed by atoms with Gasteiger partial charge in [0.25, 0.3) is 0 Å². The standard InChI is InChI=1S/C18H28FN3O2S/c1-20(11-16(23)12-21-6-2-5-18(21)24)10-15-8-14(19)9-22(15)13-17-4-3-7-25-17/h3-4,7,14-16,23H,2,5-6,8-13H2,1H3/t14-,15-,16?/m0/s1. The molecule has 7 heteroatoms. The molecule has 5 nitrogen and oxygen atoms in total. The Bertz CT molecular complexity index is 557. The average molecular weight is 370 g/mol. The molecule has 1 amide bonds. The molecule has 2 saturated heterocycles. The van der Waals surface area contributed by atoms with Crippen LogP contribution in [0.3, 0.4) is 0 Å². The molecule has 0 aromatic carbocycles. The van der Waals surface area contributed by atoms with Gasteiger partial charge in [0.15, 0.2) is 0 Å². The molecule has 1 N–H and O–H groups in total. The predicted octanol–water partition coefficient (Wildman–Crippen LogP) is 1.58. The van der Waals surface area contributed by atoms with Crippen LogP contribution in [0.25, 0.3) is 0 Å². The summed E-state index contributed by atoms with van der Waals surface area (Å²) in [5, 5.41) is 12.3. The lowest BCUT2D eigenvalue weighted by Gasteiger charge is -2.30. The van der Waals surface area contributed by atoms with Gasteiger partial charge in [-0.3, -0.25) is 9.69 Å². The first-order valence-corrected chi connectivity index (χ1v) is 9.94. The van der Waals surface area contributed by atoms with E-state index in [1.165, 1.54) is 4.88 Å². The number of aliphatic hydroxyl groups excluding tert-OH is 1. The Hall–Kier alpha value is -1.02. The van der Waals surface area contributed by atoms with Crippen LogP contribution in [0.15, 0.2) is 17.5 Å². The summed E-state index contributed by atoms with van der Waals surface area (Å²) in [5.74, 6) is 0.139. The van der Waals surface area contributed by atoms with Crippen LogP contribution in [0.4, 0.5) is 4.39 Å². The minimum atomic E-state index is -0.773. The van der Waals surface area contributed by atoms with Gasteiger partial charge < -0.3 is 14.9 Å². The molecule has 25 heavy (non-hydrogen) atoms. The summed E-state index contributed by atoms with van der Waals surface area (Å²) in [6.07, 6.45) is 0.709. The van der Waals surface area contributed by atoms with E-state index in [4.69, 9.17) is 0 Å². The Labute approximate surface area is 153 Å². The molecule has 1 aromatic rings. The zero-order chi connectivity index (χ0) is 17.8. The lowest BCUT2D eigenvalue weighted by Crippen LogP contribution is -2.44. The minimum Gasteiger partial charge on any atom is -0.390 e. The molecule has 3 atom stereocenters. The molecule has 3 heterocycles. The van der Waals surface area contributed by atoms with E-state index in [9.17, 15) is 14.3 Å². The van der Waals surface area contributed by atoms with Crippen LogP contribution in [-0.4, -0.2) is 83.8 Å². The fraction of sp³-hybridized carbons (Fsp3) is 0.722. The van der Waals surface area contributed by atoms with E-state index in [1.807, 2.05) is 13.1 Å². The second-order valence-electron chi connectivity index (χ2n) is 7.31. The summed E-state index contributed by atoms with van der Waals surface area (Å²) in [7, 11) is 1.96. The first-order chi connectivity index (χ1) is 12.0. The number of nitrogens with zero attached hydrogens (tertiary/aromatic N) is 3. The van der Waals surface area contributed by atoms with Gasteiger partial charge in [0.1, 0.15) is 6.17 Å². The highest BCUT2D eigenvalue weighted by molar-refractivity contribution is 7.09. The van der Waals surface area contributed by atoms with Crippen LogP contribution in [0.2, 0.25) is 0 Å². The zero-order valence-electron chi connectivity index (χ0n) is 14.8. The number of likely N-dealkylation sites (N-methyl/N-ethyl adjacent to an activating group) is 1. The van der Waals surface area contributed by atoms with Gasteiger partial charge >= 0.3 is 0 Å². The third-order valence-electron chi connectivity index (χ3n) is 5.06. The molecule has 0 radical (unpaired) electrons. The second kappa shape index (κ2) is 8.58. The molecular weight excluding hydrogens is 341 g/mol. The monoisotopic (exact) mass is 369 g/mol. The summed E-state index contributed by atoms with van der Waals surface area (Å²) < 4.78 is 13.9. The number of hydrogen-bond acceptors (Lipinski definition) is 5. The van der Waals surface area contributed by atoms with Crippen LogP contribution >= 0.6 is 11.3 Å². The van der Waals surface area contributed by atoms with E-state index in [1.54, 1.807) is 16.2 Å². The van der Waals surface area contributed by atoms with Gasteiger partial charge in [-0.15, -0.1) is 11.3 Å². The van der Waals surface area contributed by atoms with Gasteiger partial charge in [-0.2, -0.15) is 0 Å². The Balaban J connectivity index is 1.46. The third kappa shape index (κ3) is 5.23. The highest BCUT2D eigenvalue weighted by Gasteiger charge is 2.33. The number of alkyl halides is 1. The molecule has 0 bridgehead atoms. The number of amides is 1. The summed E-state index contributed by atoms with van der Waals surface area (Å²) in [6, 6.07) is 4.29. The minimum absolute atomic E-state index is 0.139. The van der Waals surface area contributed by atoms with Gasteiger partial charge in [-0.25, -0.2) is 4.39 Å². The predicted molar refractivity (Wildman–Crippen MR) is 97.3 cm³/mol. The molecule has 1 aromatic heterocycles. The zero-order valence-corrected chi connectivity index (χ0v) is 15.6. The highest BCUT2D eigenvalue weighted by atomic mass is 32.1. The van der Waals surface area contributed by atoms with E-state index in [0.29, 0.717) is 32.5 Å². The van der Waals surface area contributed by atoms with Gasteiger partial charge in [0.05, 0.1) is 6.10 Å². The van der Waals surface area contributed by atoms with Crippen molar-refractivity contribution in [3.8, 4) is 0 Å². The van der Waals surface area contributed by atoms with E-state index in [-0.39, 0.29) is 11.9 Å². The number of carbonyl (C=O) groups excluding carboxylic acids is 1. The highest BCUT2D eigenvalue weighted by Crippen LogP contribution is 2.24. The van der Waals surface area contributed by atoms with Crippen molar-refractivity contribution in [2.75, 3.05) is 39.8 Å². The lowest BCUT2D eigenvalue weighted by atomic mass is 10.2. The largest absolute Gasteiger partial charge is 0.390 e. The van der Waals surface area contributed by atoms with Crippen molar-refractivity contribution in [2.24, 2.45) is 0 Å². The summed E-state index contributed by atoms with van der Waals surface area (Å²) in [4.78, 5) is 18.9. The van der Waals surface area contributed by atoms with Crippen molar-refractivity contribution in [3.63, 3.8) is 0 Å². The number of β-amino-alcohol motifs (C(OH)–C–C–N with tert-alkyl or cyclic N) is 1. The first-order valence-electron chi connectivity index (χ1n) is 9.06. The number of aliphatic hydroxyl groups is 1. The van der Waals surface area contributed by atoms with Gasteiger partial charge in [-0.1, -0.05) is 6.07 Å². The molecule has 3 rings (SSSR count). The van der Waals surface area contributed by atoms with Gasteiger partial charge in [-0.05, 0) is 31.3 Å². The van der Waals surface area contributed by atoms with Crippen molar-refractivity contribution in [1.82, 2.24) is 14.7 Å². The summed E-state index contributed by atoms with van der Waals surface area (Å²) in [6.45, 7) is 3.67. The molecule has 2 aliphatic rings. The Morgan fingerprint density at radius 1 is 1.52 bits per heavy atom. The molecule has 2 fully saturated rings. The van der Waals surface area contributed by atoms with E-state index < -0.39 is 12.3 Å². The molecule has 140 valence electrons. The molecule has 0 aliphatic carbocycles.